The second kappa shape index (κ2) is 5.64. The highest BCUT2D eigenvalue weighted by Gasteiger charge is 2.40. The third kappa shape index (κ3) is 2.62. The molecule has 0 bridgehead atoms. The fourth-order valence-corrected chi connectivity index (χ4v) is 3.32. The molecule has 0 amide bonds. The Hall–Kier alpha value is -1.61. The molecule has 0 unspecified atom stereocenters. The van der Waals surface area contributed by atoms with E-state index in [-0.39, 0.29) is 5.78 Å². The molecule has 1 saturated carbocycles. The van der Waals surface area contributed by atoms with Gasteiger partial charge in [0.25, 0.3) is 0 Å². The minimum atomic E-state index is -0.695. The fraction of sp³-hybridized carbons (Fsp3) is 0.500. The molecule has 0 atom stereocenters. The number of benzene rings is 1. The standard InChI is InChI=1S/C18H22O3/c1-13-7-8-15-14(11-13)12-16(21-15)17(19)18(20-2)9-5-3-4-6-10-18/h7-8,11-12H,3-6,9-10H2,1-2H3. The average Bonchev–Trinajstić information content (AvgIpc) is 2.75. The van der Waals surface area contributed by atoms with E-state index < -0.39 is 5.60 Å². The molecule has 0 spiro atoms. The Morgan fingerprint density at radius 3 is 2.52 bits per heavy atom. The summed E-state index contributed by atoms with van der Waals surface area (Å²) >= 11 is 0. The minimum absolute atomic E-state index is 0.000697. The van der Waals surface area contributed by atoms with E-state index in [4.69, 9.17) is 9.15 Å². The molecule has 0 N–H and O–H groups in total. The van der Waals surface area contributed by atoms with Gasteiger partial charge in [-0.3, -0.25) is 4.79 Å². The van der Waals surface area contributed by atoms with Crippen molar-refractivity contribution in [2.75, 3.05) is 7.11 Å². The number of aryl methyl sites for hydroxylation is 1. The smallest absolute Gasteiger partial charge is 0.229 e. The van der Waals surface area contributed by atoms with Crippen molar-refractivity contribution in [1.82, 2.24) is 0 Å². The number of furan rings is 1. The lowest BCUT2D eigenvalue weighted by Gasteiger charge is -2.28. The van der Waals surface area contributed by atoms with Gasteiger partial charge in [-0.1, -0.05) is 37.3 Å². The Bertz CT molecular complexity index is 646. The quantitative estimate of drug-likeness (QED) is 0.608. The van der Waals surface area contributed by atoms with Crippen LogP contribution in [-0.2, 0) is 4.74 Å². The normalized spacial score (nSPS) is 18.6. The zero-order chi connectivity index (χ0) is 14.9. The van der Waals surface area contributed by atoms with Crippen LogP contribution < -0.4 is 0 Å². The monoisotopic (exact) mass is 286 g/mol. The van der Waals surface area contributed by atoms with Crippen LogP contribution in [0.25, 0.3) is 11.0 Å². The van der Waals surface area contributed by atoms with Crippen LogP contribution in [-0.4, -0.2) is 18.5 Å². The maximum absolute atomic E-state index is 12.9. The van der Waals surface area contributed by atoms with Crippen molar-refractivity contribution < 1.29 is 13.9 Å². The van der Waals surface area contributed by atoms with Gasteiger partial charge in [0, 0.05) is 12.5 Å². The first-order chi connectivity index (χ1) is 10.1. The number of hydrogen-bond donors (Lipinski definition) is 0. The van der Waals surface area contributed by atoms with E-state index in [2.05, 4.69) is 0 Å². The molecule has 21 heavy (non-hydrogen) atoms. The van der Waals surface area contributed by atoms with Crippen molar-refractivity contribution in [3.05, 3.63) is 35.6 Å². The van der Waals surface area contributed by atoms with Crippen molar-refractivity contribution in [2.45, 2.75) is 51.0 Å². The van der Waals surface area contributed by atoms with Crippen molar-refractivity contribution in [2.24, 2.45) is 0 Å². The van der Waals surface area contributed by atoms with Crippen LogP contribution in [0, 0.1) is 6.92 Å². The summed E-state index contributed by atoms with van der Waals surface area (Å²) in [5.74, 6) is 0.431. The summed E-state index contributed by atoms with van der Waals surface area (Å²) in [6, 6.07) is 7.82. The molecule has 2 aromatic rings. The maximum Gasteiger partial charge on any atom is 0.229 e. The van der Waals surface area contributed by atoms with Gasteiger partial charge in [-0.25, -0.2) is 0 Å². The molecular formula is C18H22O3. The summed E-state index contributed by atoms with van der Waals surface area (Å²) < 4.78 is 11.5. The van der Waals surface area contributed by atoms with Gasteiger partial charge in [0.1, 0.15) is 11.2 Å². The van der Waals surface area contributed by atoms with Crippen LogP contribution in [0.3, 0.4) is 0 Å². The Morgan fingerprint density at radius 2 is 1.86 bits per heavy atom. The second-order valence-corrected chi connectivity index (χ2v) is 6.09. The predicted octanol–water partition coefficient (Wildman–Crippen LogP) is 4.66. The first kappa shape index (κ1) is 14.3. The second-order valence-electron chi connectivity index (χ2n) is 6.09. The van der Waals surface area contributed by atoms with Crippen LogP contribution in [0.5, 0.6) is 0 Å². The van der Waals surface area contributed by atoms with E-state index in [1.807, 2.05) is 31.2 Å². The number of carbonyl (C=O) groups excluding carboxylic acids is 1. The van der Waals surface area contributed by atoms with Gasteiger partial charge in [-0.2, -0.15) is 0 Å². The molecule has 1 heterocycles. The molecule has 0 aliphatic heterocycles. The van der Waals surface area contributed by atoms with E-state index in [1.165, 1.54) is 18.4 Å². The largest absolute Gasteiger partial charge is 0.453 e. The first-order valence-electron chi connectivity index (χ1n) is 7.75. The number of rotatable bonds is 3. The summed E-state index contributed by atoms with van der Waals surface area (Å²) in [6.45, 7) is 2.04. The maximum atomic E-state index is 12.9. The van der Waals surface area contributed by atoms with E-state index in [0.29, 0.717) is 5.76 Å². The molecule has 1 aromatic heterocycles. The van der Waals surface area contributed by atoms with Gasteiger partial charge < -0.3 is 9.15 Å². The number of fused-ring (bicyclic) bond motifs is 1. The number of carbonyl (C=O) groups is 1. The predicted molar refractivity (Wildman–Crippen MR) is 82.7 cm³/mol. The van der Waals surface area contributed by atoms with Gasteiger partial charge in [0.05, 0.1) is 0 Å². The summed E-state index contributed by atoms with van der Waals surface area (Å²) in [7, 11) is 1.65. The summed E-state index contributed by atoms with van der Waals surface area (Å²) in [5, 5.41) is 0.984. The van der Waals surface area contributed by atoms with Crippen molar-refractivity contribution in [1.29, 1.82) is 0 Å². The van der Waals surface area contributed by atoms with Gasteiger partial charge in [0.2, 0.25) is 5.78 Å². The molecule has 0 radical (unpaired) electrons. The van der Waals surface area contributed by atoms with E-state index in [9.17, 15) is 4.79 Å². The molecule has 0 saturated heterocycles. The molecule has 1 fully saturated rings. The van der Waals surface area contributed by atoms with Crippen LogP contribution in [0.15, 0.2) is 28.7 Å². The summed E-state index contributed by atoms with van der Waals surface area (Å²) in [4.78, 5) is 12.9. The van der Waals surface area contributed by atoms with Gasteiger partial charge >= 0.3 is 0 Å². The van der Waals surface area contributed by atoms with E-state index >= 15 is 0 Å². The number of ether oxygens (including phenoxy) is 1. The van der Waals surface area contributed by atoms with Gasteiger partial charge in [-0.05, 0) is 38.0 Å². The molecule has 1 aliphatic carbocycles. The molecular weight excluding hydrogens is 264 g/mol. The SMILES string of the molecule is COC1(C(=O)c2cc3cc(C)ccc3o2)CCCCCC1. The van der Waals surface area contributed by atoms with Crippen LogP contribution in [0.2, 0.25) is 0 Å². The van der Waals surface area contributed by atoms with Crippen LogP contribution in [0.1, 0.15) is 54.6 Å². The molecule has 1 aromatic carbocycles. The van der Waals surface area contributed by atoms with Crippen molar-refractivity contribution >= 4 is 16.8 Å². The number of Topliss-reactive ketones (excluding diaryl/α,β-unsaturated/α-hetero) is 1. The molecule has 3 nitrogen and oxygen atoms in total. The van der Waals surface area contributed by atoms with Gasteiger partial charge in [-0.15, -0.1) is 0 Å². The lowest BCUT2D eigenvalue weighted by atomic mass is 9.88. The third-order valence-electron chi connectivity index (χ3n) is 4.61. The zero-order valence-electron chi connectivity index (χ0n) is 12.8. The van der Waals surface area contributed by atoms with E-state index in [0.717, 1.165) is 36.7 Å². The van der Waals surface area contributed by atoms with Crippen molar-refractivity contribution in [3.63, 3.8) is 0 Å². The number of methoxy groups -OCH3 is 1. The number of hydrogen-bond acceptors (Lipinski definition) is 3. The molecule has 3 rings (SSSR count). The summed E-state index contributed by atoms with van der Waals surface area (Å²) in [6.07, 6.45) is 6.02. The molecule has 112 valence electrons. The average molecular weight is 286 g/mol. The van der Waals surface area contributed by atoms with Crippen LogP contribution >= 0.6 is 0 Å². The Labute approximate surface area is 125 Å². The highest BCUT2D eigenvalue weighted by Crippen LogP contribution is 2.34. The first-order valence-corrected chi connectivity index (χ1v) is 7.75. The Kier molecular flexibility index (Phi) is 3.85. The van der Waals surface area contributed by atoms with Crippen molar-refractivity contribution in [3.8, 4) is 0 Å². The number of ketones is 1. The lowest BCUT2D eigenvalue weighted by Crippen LogP contribution is -2.40. The summed E-state index contributed by atoms with van der Waals surface area (Å²) in [5.41, 5.74) is 1.24. The Balaban J connectivity index is 1.97. The zero-order valence-corrected chi connectivity index (χ0v) is 12.8. The minimum Gasteiger partial charge on any atom is -0.453 e. The third-order valence-corrected chi connectivity index (χ3v) is 4.61. The van der Waals surface area contributed by atoms with E-state index in [1.54, 1.807) is 7.11 Å². The highest BCUT2D eigenvalue weighted by atomic mass is 16.5. The van der Waals surface area contributed by atoms with Gasteiger partial charge in [0.15, 0.2) is 5.76 Å². The lowest BCUT2D eigenvalue weighted by molar-refractivity contribution is -0.00875. The molecule has 3 heteroatoms. The van der Waals surface area contributed by atoms with Crippen LogP contribution in [0.4, 0.5) is 0 Å². The molecule has 1 aliphatic rings. The topological polar surface area (TPSA) is 39.4 Å². The Morgan fingerprint density at radius 1 is 1.14 bits per heavy atom. The fourth-order valence-electron chi connectivity index (χ4n) is 3.32. The highest BCUT2D eigenvalue weighted by molar-refractivity contribution is 6.03.